The quantitative estimate of drug-likeness (QED) is 0.282. The summed E-state index contributed by atoms with van der Waals surface area (Å²) in [7, 11) is 1.64. The third-order valence-corrected chi connectivity index (χ3v) is 1.69. The lowest BCUT2D eigenvalue weighted by Crippen LogP contribution is -2.15. The summed E-state index contributed by atoms with van der Waals surface area (Å²) >= 11 is 0. The molecule has 3 N–H and O–H groups in total. The van der Waals surface area contributed by atoms with Gasteiger partial charge in [-0.05, 0) is 0 Å². The van der Waals surface area contributed by atoms with E-state index in [4.69, 9.17) is 30.1 Å². The van der Waals surface area contributed by atoms with Gasteiger partial charge in [-0.25, -0.2) is 0 Å². The molecule has 16 heavy (non-hydrogen) atoms. The summed E-state index contributed by atoms with van der Waals surface area (Å²) in [5.74, 6) is 0.146. The highest BCUT2D eigenvalue weighted by molar-refractivity contribution is 5.76. The van der Waals surface area contributed by atoms with Crippen LogP contribution < -0.4 is 5.73 Å². The van der Waals surface area contributed by atoms with Crippen LogP contribution >= 0.6 is 0 Å². The molecule has 0 radical (unpaired) electrons. The lowest BCUT2D eigenvalue weighted by Gasteiger charge is -2.06. The molecule has 96 valence electrons. The maximum absolute atomic E-state index is 6.96. The van der Waals surface area contributed by atoms with Gasteiger partial charge in [0.15, 0.2) is 0 Å². The van der Waals surface area contributed by atoms with E-state index in [0.29, 0.717) is 52.7 Å². The number of hydrogen-bond acceptors (Lipinski definition) is 5. The van der Waals surface area contributed by atoms with Gasteiger partial charge in [-0.15, -0.1) is 0 Å². The molecule has 0 rings (SSSR count). The summed E-state index contributed by atoms with van der Waals surface area (Å²) < 4.78 is 20.4. The molecule has 0 saturated heterocycles. The summed E-state index contributed by atoms with van der Waals surface area (Å²) in [6, 6.07) is 0. The van der Waals surface area contributed by atoms with Crippen molar-refractivity contribution >= 4 is 5.84 Å². The van der Waals surface area contributed by atoms with E-state index in [1.165, 1.54) is 0 Å². The number of ether oxygens (including phenoxy) is 4. The fourth-order valence-electron chi connectivity index (χ4n) is 0.866. The number of nitrogens with one attached hydrogen (secondary N) is 1. The van der Waals surface area contributed by atoms with Gasteiger partial charge in [0.1, 0.15) is 0 Å². The zero-order valence-corrected chi connectivity index (χ0v) is 9.87. The van der Waals surface area contributed by atoms with Crippen LogP contribution in [0.5, 0.6) is 0 Å². The Bertz CT molecular complexity index is 167. The van der Waals surface area contributed by atoms with Gasteiger partial charge in [-0.3, -0.25) is 5.41 Å². The Kier molecular flexibility index (Phi) is 11.8. The number of hydrogen-bond donors (Lipinski definition) is 2. The Labute approximate surface area is 96.5 Å². The largest absolute Gasteiger partial charge is 0.388 e. The van der Waals surface area contributed by atoms with Crippen LogP contribution in [0.15, 0.2) is 0 Å². The number of nitrogens with two attached hydrogens (primary N) is 1. The van der Waals surface area contributed by atoms with Crippen LogP contribution in [0.2, 0.25) is 0 Å². The van der Waals surface area contributed by atoms with Gasteiger partial charge in [-0.1, -0.05) is 0 Å². The monoisotopic (exact) mass is 234 g/mol. The van der Waals surface area contributed by atoms with E-state index in [2.05, 4.69) is 0 Å². The van der Waals surface area contributed by atoms with Gasteiger partial charge in [0.25, 0.3) is 0 Å². The van der Waals surface area contributed by atoms with Crippen molar-refractivity contribution < 1.29 is 18.9 Å². The predicted octanol–water partition coefficient (Wildman–Crippen LogP) is 0.00867. The molecule has 0 saturated carbocycles. The summed E-state index contributed by atoms with van der Waals surface area (Å²) in [6.07, 6.45) is 0.472. The number of amidine groups is 1. The standard InChI is InChI=1S/C10H22N2O4/c1-13-4-5-15-8-9-16-7-6-14-3-2-10(11)12/h2-9H2,1H3,(H3,11,12). The molecule has 0 bridgehead atoms. The minimum Gasteiger partial charge on any atom is -0.388 e. The van der Waals surface area contributed by atoms with Crippen LogP contribution in [-0.4, -0.2) is 59.2 Å². The van der Waals surface area contributed by atoms with E-state index in [-0.39, 0.29) is 5.84 Å². The first-order chi connectivity index (χ1) is 7.77. The van der Waals surface area contributed by atoms with Crippen molar-refractivity contribution in [1.82, 2.24) is 0 Å². The third kappa shape index (κ3) is 13.3. The summed E-state index contributed by atoms with van der Waals surface area (Å²) in [4.78, 5) is 0. The molecule has 0 aromatic heterocycles. The number of rotatable bonds is 12. The third-order valence-electron chi connectivity index (χ3n) is 1.69. The highest BCUT2D eigenvalue weighted by Gasteiger charge is 1.92. The average Bonchev–Trinajstić information content (AvgIpc) is 2.25. The van der Waals surface area contributed by atoms with Crippen LogP contribution in [-0.2, 0) is 18.9 Å². The topological polar surface area (TPSA) is 86.8 Å². The van der Waals surface area contributed by atoms with Crippen molar-refractivity contribution in [2.45, 2.75) is 6.42 Å². The number of methoxy groups -OCH3 is 1. The van der Waals surface area contributed by atoms with Crippen LogP contribution in [0.1, 0.15) is 6.42 Å². The Morgan fingerprint density at radius 3 is 1.75 bits per heavy atom. The van der Waals surface area contributed by atoms with Gasteiger partial charge in [0, 0.05) is 13.5 Å². The zero-order chi connectivity index (χ0) is 12.1. The molecule has 0 amide bonds. The van der Waals surface area contributed by atoms with Crippen LogP contribution in [0.4, 0.5) is 0 Å². The Morgan fingerprint density at radius 1 is 0.875 bits per heavy atom. The molecule has 0 aliphatic rings. The first kappa shape index (κ1) is 15.3. The van der Waals surface area contributed by atoms with Crippen molar-refractivity contribution in [2.24, 2.45) is 5.73 Å². The second kappa shape index (κ2) is 12.4. The minimum atomic E-state index is 0.146. The van der Waals surface area contributed by atoms with E-state index < -0.39 is 0 Å². The van der Waals surface area contributed by atoms with E-state index in [0.717, 1.165) is 0 Å². The van der Waals surface area contributed by atoms with E-state index in [9.17, 15) is 0 Å². The summed E-state index contributed by atoms with van der Waals surface area (Å²) in [5, 5.41) is 6.96. The highest BCUT2D eigenvalue weighted by Crippen LogP contribution is 1.84. The lowest BCUT2D eigenvalue weighted by molar-refractivity contribution is 0.00452. The van der Waals surface area contributed by atoms with E-state index in [1.54, 1.807) is 7.11 Å². The molecule has 6 heteroatoms. The van der Waals surface area contributed by atoms with Gasteiger partial charge in [0.05, 0.1) is 52.1 Å². The van der Waals surface area contributed by atoms with Gasteiger partial charge < -0.3 is 24.7 Å². The van der Waals surface area contributed by atoms with Crippen molar-refractivity contribution in [2.75, 3.05) is 53.4 Å². The Morgan fingerprint density at radius 2 is 1.31 bits per heavy atom. The highest BCUT2D eigenvalue weighted by atomic mass is 16.6. The maximum Gasteiger partial charge on any atom is 0.0928 e. The van der Waals surface area contributed by atoms with E-state index >= 15 is 0 Å². The van der Waals surface area contributed by atoms with Crippen molar-refractivity contribution in [1.29, 1.82) is 5.41 Å². The minimum absolute atomic E-state index is 0.146. The molecule has 0 aromatic carbocycles. The molecule has 0 aliphatic heterocycles. The molecule has 0 fully saturated rings. The fraction of sp³-hybridized carbons (Fsp3) is 0.900. The molecule has 0 heterocycles. The van der Waals surface area contributed by atoms with Crippen molar-refractivity contribution in [3.8, 4) is 0 Å². The molecule has 0 unspecified atom stereocenters. The summed E-state index contributed by atoms with van der Waals surface area (Å²) in [6.45, 7) is 3.85. The van der Waals surface area contributed by atoms with Gasteiger partial charge in [0.2, 0.25) is 0 Å². The molecule has 0 atom stereocenters. The molecule has 0 spiro atoms. The first-order valence-corrected chi connectivity index (χ1v) is 5.32. The Balaban J connectivity index is 2.90. The van der Waals surface area contributed by atoms with Crippen molar-refractivity contribution in [3.05, 3.63) is 0 Å². The maximum atomic E-state index is 6.96. The molecular formula is C10H22N2O4. The molecular weight excluding hydrogens is 212 g/mol. The first-order valence-electron chi connectivity index (χ1n) is 5.32. The zero-order valence-electron chi connectivity index (χ0n) is 9.87. The van der Waals surface area contributed by atoms with E-state index in [1.807, 2.05) is 0 Å². The normalized spacial score (nSPS) is 10.6. The lowest BCUT2D eigenvalue weighted by atomic mass is 10.4. The second-order valence-electron chi connectivity index (χ2n) is 3.11. The average molecular weight is 234 g/mol. The summed E-state index contributed by atoms with van der Waals surface area (Å²) in [5.41, 5.74) is 5.16. The second-order valence-corrected chi connectivity index (χ2v) is 3.11. The van der Waals surface area contributed by atoms with Crippen LogP contribution in [0.3, 0.4) is 0 Å². The smallest absolute Gasteiger partial charge is 0.0928 e. The molecule has 0 aromatic rings. The molecule has 6 nitrogen and oxygen atoms in total. The van der Waals surface area contributed by atoms with Crippen molar-refractivity contribution in [3.63, 3.8) is 0 Å². The fourth-order valence-corrected chi connectivity index (χ4v) is 0.866. The Hall–Kier alpha value is -0.690. The SMILES string of the molecule is COCCOCCOCCOCCC(=N)N. The van der Waals surface area contributed by atoms with Crippen LogP contribution in [0, 0.1) is 5.41 Å². The predicted molar refractivity (Wildman–Crippen MR) is 60.9 cm³/mol. The molecule has 0 aliphatic carbocycles. The van der Waals surface area contributed by atoms with Crippen LogP contribution in [0.25, 0.3) is 0 Å². The van der Waals surface area contributed by atoms with Gasteiger partial charge in [-0.2, -0.15) is 0 Å². The van der Waals surface area contributed by atoms with Gasteiger partial charge >= 0.3 is 0 Å².